The topological polar surface area (TPSA) is 0 Å². The van der Waals surface area contributed by atoms with Gasteiger partial charge in [-0.2, -0.15) is 0 Å². The average molecular weight is 53.9 g/mol. The van der Waals surface area contributed by atoms with Gasteiger partial charge in [0.2, 0.25) is 0 Å². The third-order valence-corrected chi connectivity index (χ3v) is 0.289. The summed E-state index contributed by atoms with van der Waals surface area (Å²) in [5.74, 6) is 0. The molecule has 0 spiro atoms. The van der Waals surface area contributed by atoms with Gasteiger partial charge in [0.1, 0.15) is 7.85 Å². The van der Waals surface area contributed by atoms with E-state index >= 15 is 0 Å². The van der Waals surface area contributed by atoms with Crippen LogP contribution in [0.4, 0.5) is 0 Å². The second kappa shape index (κ2) is 2.80. The van der Waals surface area contributed by atoms with Crippen molar-refractivity contribution in [3.8, 4) is 0 Å². The van der Waals surface area contributed by atoms with Crippen LogP contribution in [0.15, 0.2) is 12.7 Å². The molecule has 1 heteroatoms. The third-order valence-electron chi connectivity index (χ3n) is 0.289. The van der Waals surface area contributed by atoms with E-state index in [9.17, 15) is 0 Å². The summed E-state index contributed by atoms with van der Waals surface area (Å²) in [5.41, 5.74) is 0. The van der Waals surface area contributed by atoms with Gasteiger partial charge in [-0.25, -0.2) is 0 Å². The summed E-state index contributed by atoms with van der Waals surface area (Å²) in [5, 5.41) is 0. The van der Waals surface area contributed by atoms with Gasteiger partial charge in [0, 0.05) is 0 Å². The molecule has 0 aromatic heterocycles. The van der Waals surface area contributed by atoms with Crippen molar-refractivity contribution in [2.24, 2.45) is 0 Å². The molecular formula is C3H7B. The first-order valence-corrected chi connectivity index (χ1v) is 1.52. The average Bonchev–Trinajstić information content (AvgIpc) is 1.37. The monoisotopic (exact) mass is 54.1 g/mol. The van der Waals surface area contributed by atoms with Crippen LogP contribution in [0.2, 0.25) is 6.32 Å². The van der Waals surface area contributed by atoms with E-state index < -0.39 is 0 Å². The highest BCUT2D eigenvalue weighted by Gasteiger charge is 1.47. The summed E-state index contributed by atoms with van der Waals surface area (Å²) in [4.78, 5) is 0. The van der Waals surface area contributed by atoms with Gasteiger partial charge in [-0.1, -0.05) is 12.4 Å². The molecule has 0 radical (unpaired) electrons. The van der Waals surface area contributed by atoms with E-state index in [2.05, 4.69) is 14.4 Å². The minimum Gasteiger partial charge on any atom is -0.104 e. The van der Waals surface area contributed by atoms with Crippen molar-refractivity contribution in [3.63, 3.8) is 0 Å². The van der Waals surface area contributed by atoms with Crippen molar-refractivity contribution in [3.05, 3.63) is 12.7 Å². The lowest BCUT2D eigenvalue weighted by Gasteiger charge is -1.56. The van der Waals surface area contributed by atoms with Gasteiger partial charge in [0.25, 0.3) is 0 Å². The maximum absolute atomic E-state index is 3.48. The number of rotatable bonds is 1. The molecule has 0 heterocycles. The van der Waals surface area contributed by atoms with E-state index in [1.165, 1.54) is 0 Å². The number of hydrogen-bond acceptors (Lipinski definition) is 0. The number of hydrogen-bond donors (Lipinski definition) is 0. The zero-order valence-electron chi connectivity index (χ0n) is 2.99. The molecule has 0 bridgehead atoms. The van der Waals surface area contributed by atoms with Crippen LogP contribution in [0.1, 0.15) is 0 Å². The maximum Gasteiger partial charge on any atom is 0.106 e. The minimum absolute atomic E-state index is 1.08. The fourth-order valence-corrected chi connectivity index (χ4v) is 0. The summed E-state index contributed by atoms with van der Waals surface area (Å²) in [7, 11) is 2.06. The van der Waals surface area contributed by atoms with Gasteiger partial charge in [-0.3, -0.25) is 0 Å². The normalized spacial score (nSPS) is 6.00. The highest BCUT2D eigenvalue weighted by atomic mass is 13.4. The smallest absolute Gasteiger partial charge is 0.104 e. The van der Waals surface area contributed by atoms with Gasteiger partial charge < -0.3 is 0 Å². The van der Waals surface area contributed by atoms with E-state index in [1.807, 2.05) is 6.08 Å². The largest absolute Gasteiger partial charge is 0.106 e. The molecule has 0 saturated carbocycles. The molecule has 0 atom stereocenters. The molecule has 4 heavy (non-hydrogen) atoms. The highest BCUT2D eigenvalue weighted by molar-refractivity contribution is 6.09. The molecule has 0 aliphatic carbocycles. The standard InChI is InChI=1S/C3H7B/c1-2-3-4/h2H,1,3-4H2. The Kier molecular flexibility index (Phi) is 2.67. The summed E-state index contributed by atoms with van der Waals surface area (Å²) < 4.78 is 0. The van der Waals surface area contributed by atoms with E-state index in [0.717, 1.165) is 6.32 Å². The molecule has 22 valence electrons. The van der Waals surface area contributed by atoms with Crippen molar-refractivity contribution in [2.45, 2.75) is 6.32 Å². The van der Waals surface area contributed by atoms with E-state index in [4.69, 9.17) is 0 Å². The first-order valence-electron chi connectivity index (χ1n) is 1.52. The molecule has 0 fully saturated rings. The summed E-state index contributed by atoms with van der Waals surface area (Å²) >= 11 is 0. The lowest BCUT2D eigenvalue weighted by atomic mass is 10.1. The predicted molar refractivity (Wildman–Crippen MR) is 23.5 cm³/mol. The Bertz CT molecular complexity index is 17.2. The second-order valence-electron chi connectivity index (χ2n) is 0.697. The molecule has 0 aromatic rings. The highest BCUT2D eigenvalue weighted by Crippen LogP contribution is 1.61. The Labute approximate surface area is 27.9 Å². The van der Waals surface area contributed by atoms with E-state index in [0.29, 0.717) is 0 Å². The van der Waals surface area contributed by atoms with Crippen LogP contribution < -0.4 is 0 Å². The Morgan fingerprint density at radius 3 is 2.25 bits per heavy atom. The fraction of sp³-hybridized carbons (Fsp3) is 0.333. The molecule has 0 rings (SSSR count). The Morgan fingerprint density at radius 1 is 2.00 bits per heavy atom. The molecule has 0 N–H and O–H groups in total. The van der Waals surface area contributed by atoms with E-state index in [1.54, 1.807) is 0 Å². The summed E-state index contributed by atoms with van der Waals surface area (Å²) in [6.45, 7) is 3.48. The van der Waals surface area contributed by atoms with Crippen LogP contribution in [0.25, 0.3) is 0 Å². The number of allylic oxidation sites excluding steroid dienone is 1. The lowest BCUT2D eigenvalue weighted by molar-refractivity contribution is 1.76. The van der Waals surface area contributed by atoms with Gasteiger partial charge in [-0.05, 0) is 0 Å². The second-order valence-corrected chi connectivity index (χ2v) is 0.697. The zero-order valence-corrected chi connectivity index (χ0v) is 2.99. The molecule has 0 aliphatic heterocycles. The Hall–Kier alpha value is -0.195. The minimum atomic E-state index is 1.08. The van der Waals surface area contributed by atoms with Gasteiger partial charge in [0.15, 0.2) is 0 Å². The fourth-order valence-electron chi connectivity index (χ4n) is 0. The predicted octanol–water partition coefficient (Wildman–Crippen LogP) is 0.224. The SMILES string of the molecule is BCC=C. The van der Waals surface area contributed by atoms with Crippen molar-refractivity contribution in [1.29, 1.82) is 0 Å². The van der Waals surface area contributed by atoms with E-state index in [-0.39, 0.29) is 0 Å². The summed E-state index contributed by atoms with van der Waals surface area (Å²) in [6, 6.07) is 0. The van der Waals surface area contributed by atoms with Gasteiger partial charge in [-0.15, -0.1) is 6.58 Å². The van der Waals surface area contributed by atoms with Crippen LogP contribution in [0.3, 0.4) is 0 Å². The van der Waals surface area contributed by atoms with Crippen LogP contribution in [0.5, 0.6) is 0 Å². The van der Waals surface area contributed by atoms with Crippen LogP contribution in [0, 0.1) is 0 Å². The Morgan fingerprint density at radius 2 is 2.25 bits per heavy atom. The Balaban J connectivity index is 2.30. The lowest BCUT2D eigenvalue weighted by Crippen LogP contribution is -1.47. The molecular weight excluding hydrogens is 46.8 g/mol. The third kappa shape index (κ3) is 1.80. The maximum atomic E-state index is 3.48. The van der Waals surface area contributed by atoms with Crippen molar-refractivity contribution < 1.29 is 0 Å². The zero-order chi connectivity index (χ0) is 3.41. The molecule has 0 aliphatic rings. The van der Waals surface area contributed by atoms with Crippen molar-refractivity contribution in [2.75, 3.05) is 0 Å². The van der Waals surface area contributed by atoms with Crippen LogP contribution in [-0.2, 0) is 0 Å². The first kappa shape index (κ1) is 3.80. The van der Waals surface area contributed by atoms with Gasteiger partial charge in [0.05, 0.1) is 0 Å². The van der Waals surface area contributed by atoms with Gasteiger partial charge >= 0.3 is 0 Å². The quantitative estimate of drug-likeness (QED) is 0.297. The molecule has 0 aromatic carbocycles. The molecule has 0 nitrogen and oxygen atoms in total. The van der Waals surface area contributed by atoms with Crippen LogP contribution >= 0.6 is 0 Å². The summed E-state index contributed by atoms with van der Waals surface area (Å²) in [6.07, 6.45) is 2.96. The van der Waals surface area contributed by atoms with Crippen LogP contribution in [-0.4, -0.2) is 7.85 Å². The molecule has 0 amide bonds. The molecule has 0 unspecified atom stereocenters. The first-order chi connectivity index (χ1) is 1.91. The van der Waals surface area contributed by atoms with Crippen molar-refractivity contribution >= 4 is 7.85 Å². The molecule has 0 saturated heterocycles. The van der Waals surface area contributed by atoms with Crippen molar-refractivity contribution in [1.82, 2.24) is 0 Å².